The molecule has 0 fully saturated rings. The second-order valence-electron chi connectivity index (χ2n) is 12.0. The molecular weight excluding hydrogens is 745 g/mol. The van der Waals surface area contributed by atoms with E-state index >= 15 is 0 Å². The van der Waals surface area contributed by atoms with Gasteiger partial charge in [0.2, 0.25) is 0 Å². The van der Waals surface area contributed by atoms with Crippen LogP contribution in [0.1, 0.15) is 50.7 Å². The fourth-order valence-corrected chi connectivity index (χ4v) is 6.11. The van der Waals surface area contributed by atoms with Gasteiger partial charge in [-0.05, 0) is 59.9 Å². The summed E-state index contributed by atoms with van der Waals surface area (Å²) in [7, 11) is 2.00. The van der Waals surface area contributed by atoms with Crippen LogP contribution in [-0.4, -0.2) is 31.3 Å². The van der Waals surface area contributed by atoms with Crippen LogP contribution in [0.25, 0.3) is 49.6 Å². The van der Waals surface area contributed by atoms with Gasteiger partial charge in [-0.2, -0.15) is 37.0 Å². The molecule has 1 aliphatic heterocycles. The largest absolute Gasteiger partial charge is 3.00 e. The van der Waals surface area contributed by atoms with Crippen molar-refractivity contribution in [1.29, 1.82) is 0 Å². The predicted molar refractivity (Wildman–Crippen MR) is 185 cm³/mol. The molecule has 4 aromatic carbocycles. The van der Waals surface area contributed by atoms with Crippen molar-refractivity contribution >= 4 is 44.0 Å². The molecule has 7 heteroatoms. The van der Waals surface area contributed by atoms with Crippen molar-refractivity contribution in [3.8, 4) is 11.3 Å². The van der Waals surface area contributed by atoms with Crippen LogP contribution in [0.2, 0.25) is 0 Å². The normalized spacial score (nSPS) is 12.8. The Hall–Kier alpha value is -4.58. The van der Waals surface area contributed by atoms with E-state index in [2.05, 4.69) is 96.8 Å². The number of benzene rings is 4. The van der Waals surface area contributed by atoms with Crippen LogP contribution in [0.5, 0.6) is 0 Å². The number of para-hydroxylation sites is 1. The summed E-state index contributed by atoms with van der Waals surface area (Å²) in [5.74, 6) is 0.811. The van der Waals surface area contributed by atoms with Crippen molar-refractivity contribution in [2.24, 2.45) is 0 Å². The summed E-state index contributed by atoms with van der Waals surface area (Å²) in [6.45, 7) is 11.0. The number of hydrogen-bond donors (Lipinski definition) is 0. The Labute approximate surface area is 283 Å². The number of aromatic nitrogens is 4. The van der Waals surface area contributed by atoms with Gasteiger partial charge >= 0.3 is 20.1 Å². The zero-order valence-electron chi connectivity index (χ0n) is 26.6. The Morgan fingerprint density at radius 2 is 1.48 bits per heavy atom. The number of fused-ring (bicyclic) bond motifs is 7. The fraction of sp³-hybridized carbons (Fsp3) is 0.179. The van der Waals surface area contributed by atoms with E-state index in [0.29, 0.717) is 11.8 Å². The van der Waals surface area contributed by atoms with Crippen molar-refractivity contribution in [3.63, 3.8) is 0 Å². The molecule has 0 aliphatic carbocycles. The first kappa shape index (κ1) is 31.4. The predicted octanol–water partition coefficient (Wildman–Crippen LogP) is 9.12. The molecule has 0 saturated heterocycles. The minimum absolute atomic E-state index is 0. The van der Waals surface area contributed by atoms with Crippen LogP contribution < -0.4 is 4.90 Å². The van der Waals surface area contributed by atoms with E-state index in [9.17, 15) is 0 Å². The van der Waals surface area contributed by atoms with Gasteiger partial charge in [-0.25, -0.2) is 0 Å². The van der Waals surface area contributed by atoms with E-state index in [1.54, 1.807) is 12.4 Å². The summed E-state index contributed by atoms with van der Waals surface area (Å²) in [6, 6.07) is 31.6. The minimum Gasteiger partial charge on any atom is -0.510 e. The van der Waals surface area contributed by atoms with E-state index in [0.717, 1.165) is 49.7 Å². The summed E-state index contributed by atoms with van der Waals surface area (Å²) in [5, 5.41) is 3.28. The van der Waals surface area contributed by atoms with Crippen molar-refractivity contribution in [2.75, 3.05) is 11.9 Å². The fourth-order valence-electron chi connectivity index (χ4n) is 6.11. The topological polar surface area (TPSA) is 49.6 Å². The summed E-state index contributed by atoms with van der Waals surface area (Å²) in [6.07, 6.45) is 9.68. The van der Waals surface area contributed by atoms with Crippen molar-refractivity contribution in [2.45, 2.75) is 39.5 Å². The zero-order chi connectivity index (χ0) is 31.1. The molecule has 3 aromatic heterocycles. The number of hydrogen-bond acceptors (Lipinski definition) is 5. The second kappa shape index (κ2) is 13.0. The minimum atomic E-state index is 0. The number of nitrogens with zero attached hydrogens (tertiary/aromatic N) is 6. The Morgan fingerprint density at radius 3 is 2.13 bits per heavy atom. The Bertz CT molecular complexity index is 2160. The molecule has 0 radical (unpaired) electrons. The summed E-state index contributed by atoms with van der Waals surface area (Å²) >= 11 is 0. The molecule has 4 heterocycles. The molecule has 0 N–H and O–H groups in total. The Morgan fingerprint density at radius 1 is 0.761 bits per heavy atom. The molecule has 1 aliphatic rings. The van der Waals surface area contributed by atoms with Crippen LogP contribution >= 0.6 is 0 Å². The molecule has 230 valence electrons. The van der Waals surface area contributed by atoms with Gasteiger partial charge in [-0.15, -0.1) is 35.3 Å². The van der Waals surface area contributed by atoms with Gasteiger partial charge < -0.3 is 14.2 Å². The molecule has 7 aromatic rings. The zero-order valence-corrected chi connectivity index (χ0v) is 29.0. The number of anilines is 1. The summed E-state index contributed by atoms with van der Waals surface area (Å²) in [5.41, 5.74) is 9.77. The van der Waals surface area contributed by atoms with Crippen LogP contribution in [-0.2, 0) is 20.1 Å². The maximum absolute atomic E-state index is 5.22. The van der Waals surface area contributed by atoms with Crippen molar-refractivity contribution in [1.82, 2.24) is 24.3 Å². The van der Waals surface area contributed by atoms with Gasteiger partial charge in [0.15, 0.2) is 0 Å². The quantitative estimate of drug-likeness (QED) is 0.101. The molecule has 0 saturated carbocycles. The first-order valence-corrected chi connectivity index (χ1v) is 15.4. The van der Waals surface area contributed by atoms with Gasteiger partial charge in [-0.3, -0.25) is 15.0 Å². The standard InChI is InChI=1S/C29H25N4.C10H10N2.Ir/c1-17(2)19-10-7-11-20(18(3)4)28(19)26-16-33-27-15-25-24(30-12-13-31-25)14-23(27)21-8-5-6-9-22(21)29(33)32-26;1-11-7-8-12(9-11)10-5-3-2-4-6-10;/h5-8,10-18H,1-4H3;2-5,7-9H,1H3;/q-1;-2;+3. The first-order valence-electron chi connectivity index (χ1n) is 15.4. The van der Waals surface area contributed by atoms with Crippen molar-refractivity contribution in [3.05, 3.63) is 134 Å². The monoisotopic (exact) mass is 780 g/mol. The van der Waals surface area contributed by atoms with E-state index in [1.165, 1.54) is 16.7 Å². The maximum atomic E-state index is 5.22. The van der Waals surface area contributed by atoms with Crippen LogP contribution in [0.4, 0.5) is 5.69 Å². The molecule has 8 rings (SSSR count). The third-order valence-electron chi connectivity index (χ3n) is 8.29. The number of pyridine rings is 1. The molecule has 6 nitrogen and oxygen atoms in total. The molecule has 0 bridgehead atoms. The summed E-state index contributed by atoms with van der Waals surface area (Å²) < 4.78 is 2.21. The average Bonchev–Trinajstić information content (AvgIpc) is 3.71. The van der Waals surface area contributed by atoms with Gasteiger partial charge in [0.1, 0.15) is 0 Å². The van der Waals surface area contributed by atoms with Gasteiger partial charge in [-0.1, -0.05) is 51.3 Å². The number of imidazole rings is 1. The van der Waals surface area contributed by atoms with E-state index < -0.39 is 0 Å². The van der Waals surface area contributed by atoms with Crippen LogP contribution in [0.3, 0.4) is 0 Å². The van der Waals surface area contributed by atoms with Crippen LogP contribution in [0.15, 0.2) is 104 Å². The van der Waals surface area contributed by atoms with Gasteiger partial charge in [0.25, 0.3) is 0 Å². The van der Waals surface area contributed by atoms with E-state index in [-0.39, 0.29) is 20.1 Å². The maximum Gasteiger partial charge on any atom is 3.00 e. The van der Waals surface area contributed by atoms with Crippen LogP contribution in [0, 0.1) is 18.8 Å². The average molecular weight is 780 g/mol. The second-order valence-corrected chi connectivity index (χ2v) is 12.0. The smallest absolute Gasteiger partial charge is 0.510 e. The Balaban J connectivity index is 0.000000241. The Kier molecular flexibility index (Phi) is 8.90. The third-order valence-corrected chi connectivity index (χ3v) is 8.29. The first-order chi connectivity index (χ1) is 21.9. The van der Waals surface area contributed by atoms with E-state index in [1.807, 2.05) is 72.3 Å². The van der Waals surface area contributed by atoms with Gasteiger partial charge in [0, 0.05) is 29.7 Å². The summed E-state index contributed by atoms with van der Waals surface area (Å²) in [4.78, 5) is 18.3. The number of rotatable bonds is 4. The SMILES string of the molecule is CC(C)c1cccc(C(C)C)c1-c1cn2c3cc4nccnc4cc3c3ccc[c-]c3c2n1.CN1C=CN(c2[c-]cccc2)[CH-]1.[Ir+3]. The molecule has 0 atom stereocenters. The molecule has 0 amide bonds. The van der Waals surface area contributed by atoms with Gasteiger partial charge in [0.05, 0.1) is 22.4 Å². The van der Waals surface area contributed by atoms with E-state index in [4.69, 9.17) is 4.98 Å². The van der Waals surface area contributed by atoms with Crippen molar-refractivity contribution < 1.29 is 20.1 Å². The molecule has 0 unspecified atom stereocenters. The third kappa shape index (κ3) is 5.77. The molecule has 46 heavy (non-hydrogen) atoms. The molecular formula is C39H35IrN6. The molecule has 0 spiro atoms.